The summed E-state index contributed by atoms with van der Waals surface area (Å²) in [6.45, 7) is 5.41. The molecule has 2 atom stereocenters. The van der Waals surface area contributed by atoms with Crippen LogP contribution in [0.2, 0.25) is 0 Å². The molecule has 15 nitrogen and oxygen atoms in total. The van der Waals surface area contributed by atoms with Gasteiger partial charge in [-0.1, -0.05) is 0 Å². The van der Waals surface area contributed by atoms with E-state index >= 15 is 0 Å². The smallest absolute Gasteiger partial charge is 0.213 e. The van der Waals surface area contributed by atoms with Crippen LogP contribution in [-0.4, -0.2) is 78.9 Å². The Kier molecular flexibility index (Phi) is 9.22. The van der Waals surface area contributed by atoms with Crippen LogP contribution in [0.15, 0.2) is 86.0 Å². The molecule has 0 saturated carbocycles. The number of methoxy groups -OCH3 is 1. The number of hydrogen-bond donors (Lipinski definition) is 0. The topological polar surface area (TPSA) is 138 Å². The lowest BCUT2D eigenvalue weighted by Crippen LogP contribution is -2.25. The number of nitrogens with zero attached hydrogens (tertiary/aromatic N) is 14. The van der Waals surface area contributed by atoms with Gasteiger partial charge in [0.1, 0.15) is 46.0 Å². The molecule has 18 heteroatoms. The molecule has 0 radical (unpaired) electrons. The fraction of sp³-hybridized carbons (Fsp3) is 0.282. The first-order valence-corrected chi connectivity index (χ1v) is 18.5. The summed E-state index contributed by atoms with van der Waals surface area (Å²) >= 11 is 0. The van der Waals surface area contributed by atoms with Crippen LogP contribution < -0.4 is 14.5 Å². The molecule has 290 valence electrons. The quantitative estimate of drug-likeness (QED) is 0.168. The Bertz CT molecular complexity index is 2720. The second-order valence-corrected chi connectivity index (χ2v) is 14.0. The van der Waals surface area contributed by atoms with E-state index in [1.807, 2.05) is 55.7 Å². The highest BCUT2D eigenvalue weighted by molar-refractivity contribution is 5.62. The second-order valence-electron chi connectivity index (χ2n) is 14.0. The summed E-state index contributed by atoms with van der Waals surface area (Å²) in [7, 11) is 1.53. The summed E-state index contributed by atoms with van der Waals surface area (Å²) in [5.41, 5.74) is 5.47. The third-order valence-electron chi connectivity index (χ3n) is 10.2. The summed E-state index contributed by atoms with van der Waals surface area (Å²) in [4.78, 5) is 21.8. The van der Waals surface area contributed by atoms with Gasteiger partial charge in [0.05, 0.1) is 44.0 Å². The van der Waals surface area contributed by atoms with Gasteiger partial charge in [-0.15, -0.1) is 0 Å². The molecule has 0 spiro atoms. The molecule has 57 heavy (non-hydrogen) atoms. The van der Waals surface area contributed by atoms with Gasteiger partial charge in [-0.25, -0.2) is 47.1 Å². The van der Waals surface area contributed by atoms with Gasteiger partial charge in [-0.05, 0) is 81.0 Å². The summed E-state index contributed by atoms with van der Waals surface area (Å²) in [6, 6.07) is 8.27. The van der Waals surface area contributed by atoms with Crippen molar-refractivity contribution in [2.75, 3.05) is 30.0 Å². The van der Waals surface area contributed by atoms with Gasteiger partial charge < -0.3 is 14.5 Å². The second kappa shape index (κ2) is 14.7. The van der Waals surface area contributed by atoms with Crippen molar-refractivity contribution in [2.45, 2.75) is 51.6 Å². The molecule has 0 bridgehead atoms. The number of aromatic nitrogens is 12. The predicted octanol–water partition coefficient (Wildman–Crippen LogP) is 6.35. The fourth-order valence-electron chi connectivity index (χ4n) is 7.53. The van der Waals surface area contributed by atoms with Gasteiger partial charge in [0, 0.05) is 43.9 Å². The molecule has 10 rings (SSSR count). The molecule has 8 aromatic rings. The van der Waals surface area contributed by atoms with E-state index in [4.69, 9.17) is 14.7 Å². The van der Waals surface area contributed by atoms with Crippen molar-refractivity contribution in [2.24, 2.45) is 0 Å². The number of hydrogen-bond acceptors (Lipinski definition) is 11. The van der Waals surface area contributed by atoms with Gasteiger partial charge in [0.2, 0.25) is 11.8 Å². The lowest BCUT2D eigenvalue weighted by Gasteiger charge is -2.25. The van der Waals surface area contributed by atoms with Crippen LogP contribution in [0.4, 0.5) is 24.8 Å². The highest BCUT2D eigenvalue weighted by Crippen LogP contribution is 2.38. The van der Waals surface area contributed by atoms with Crippen molar-refractivity contribution in [3.63, 3.8) is 0 Å². The number of rotatable bonds is 7. The first kappa shape index (κ1) is 35.8. The van der Waals surface area contributed by atoms with E-state index in [0.29, 0.717) is 41.7 Å². The Morgan fingerprint density at radius 1 is 0.596 bits per heavy atom. The summed E-state index contributed by atoms with van der Waals surface area (Å²) < 4.78 is 54.5. The number of halogens is 3. The summed E-state index contributed by atoms with van der Waals surface area (Å²) in [6.07, 6.45) is 17.8. The molecular weight excluding hydrogens is 738 g/mol. The maximum atomic E-state index is 14.5. The Morgan fingerprint density at radius 3 is 1.60 bits per heavy atom. The van der Waals surface area contributed by atoms with Gasteiger partial charge in [-0.2, -0.15) is 24.8 Å². The normalized spacial score (nSPS) is 16.8. The lowest BCUT2D eigenvalue weighted by atomic mass is 10.1. The maximum absolute atomic E-state index is 14.5. The first-order valence-electron chi connectivity index (χ1n) is 18.5. The number of anilines is 2. The molecule has 2 aliphatic rings. The standard InChI is InChI=1S/C20H20FN7O.C19H17F2N7/c1-13-10-22-28(12-13)16-11-23-27-9-7-17(24-20(16)27)26-8-3-4-15(26)19-14(21)5-6-18(25-19)29-2;1-12-9-22-28(11-12)15-10-23-27-8-6-17(25-19(15)27)26-7-2-3-14(26)18-13(20)4-5-16(21)24-18/h5-7,9-12,15H,3-4,8H2,1-2H3;4-6,8-11,14H,2-3,7H2,1H3/t15-;14-/m11/s1. The zero-order valence-corrected chi connectivity index (χ0v) is 31.3. The van der Waals surface area contributed by atoms with E-state index in [2.05, 4.69) is 35.3 Å². The average Bonchev–Trinajstić information content (AvgIpc) is 4.08. The molecule has 10 heterocycles. The minimum atomic E-state index is -0.682. The van der Waals surface area contributed by atoms with Gasteiger partial charge in [-0.3, -0.25) is 0 Å². The maximum Gasteiger partial charge on any atom is 0.213 e. The monoisotopic (exact) mass is 774 g/mol. The van der Waals surface area contributed by atoms with E-state index in [1.165, 1.54) is 19.2 Å². The van der Waals surface area contributed by atoms with Crippen molar-refractivity contribution in [3.8, 4) is 17.3 Å². The molecule has 2 fully saturated rings. The van der Waals surface area contributed by atoms with E-state index in [0.717, 1.165) is 66.3 Å². The number of aryl methyl sites for hydroxylation is 2. The molecule has 0 unspecified atom stereocenters. The van der Waals surface area contributed by atoms with Crippen LogP contribution in [0.3, 0.4) is 0 Å². The van der Waals surface area contributed by atoms with E-state index < -0.39 is 11.8 Å². The van der Waals surface area contributed by atoms with E-state index in [1.54, 1.807) is 43.2 Å². The van der Waals surface area contributed by atoms with Crippen molar-refractivity contribution < 1.29 is 17.9 Å². The third kappa shape index (κ3) is 6.76. The van der Waals surface area contributed by atoms with Crippen molar-refractivity contribution >= 4 is 22.9 Å². The van der Waals surface area contributed by atoms with Gasteiger partial charge in [0.15, 0.2) is 11.3 Å². The molecule has 0 N–H and O–H groups in total. The van der Waals surface area contributed by atoms with Crippen LogP contribution in [0.25, 0.3) is 22.7 Å². The van der Waals surface area contributed by atoms with Crippen LogP contribution >= 0.6 is 0 Å². The van der Waals surface area contributed by atoms with E-state index in [-0.39, 0.29) is 23.6 Å². The molecular formula is C39H37F3N14O. The summed E-state index contributed by atoms with van der Waals surface area (Å²) in [5, 5.41) is 17.4. The van der Waals surface area contributed by atoms with Crippen molar-refractivity contribution in [3.05, 3.63) is 126 Å². The zero-order valence-electron chi connectivity index (χ0n) is 31.3. The highest BCUT2D eigenvalue weighted by atomic mass is 19.1. The van der Waals surface area contributed by atoms with Gasteiger partial charge >= 0.3 is 0 Å². The minimum Gasteiger partial charge on any atom is -0.481 e. The minimum absolute atomic E-state index is 0.121. The van der Waals surface area contributed by atoms with Crippen LogP contribution in [0.5, 0.6) is 5.88 Å². The Hall–Kier alpha value is -6.85. The number of ether oxygens (including phenoxy) is 1. The molecule has 8 aromatic heterocycles. The van der Waals surface area contributed by atoms with E-state index in [9.17, 15) is 13.2 Å². The van der Waals surface area contributed by atoms with Gasteiger partial charge in [0.25, 0.3) is 0 Å². The lowest BCUT2D eigenvalue weighted by molar-refractivity contribution is 0.391. The molecule has 0 aliphatic carbocycles. The molecule has 0 aromatic carbocycles. The van der Waals surface area contributed by atoms with Crippen LogP contribution in [0.1, 0.15) is 60.3 Å². The third-order valence-corrected chi connectivity index (χ3v) is 10.2. The van der Waals surface area contributed by atoms with Crippen molar-refractivity contribution in [1.82, 2.24) is 58.7 Å². The number of pyridine rings is 2. The Morgan fingerprint density at radius 2 is 1.11 bits per heavy atom. The fourth-order valence-corrected chi connectivity index (χ4v) is 7.53. The highest BCUT2D eigenvalue weighted by Gasteiger charge is 2.33. The Balaban J connectivity index is 0.000000148. The van der Waals surface area contributed by atoms with Crippen LogP contribution in [0, 0.1) is 31.4 Å². The average molecular weight is 775 g/mol. The number of fused-ring (bicyclic) bond motifs is 2. The molecule has 2 aliphatic heterocycles. The molecule has 2 saturated heterocycles. The Labute approximate surface area is 324 Å². The summed E-state index contributed by atoms with van der Waals surface area (Å²) in [5.74, 6) is 0.320. The van der Waals surface area contributed by atoms with Crippen molar-refractivity contribution in [1.29, 1.82) is 0 Å². The predicted molar refractivity (Wildman–Crippen MR) is 203 cm³/mol. The van der Waals surface area contributed by atoms with Crippen LogP contribution in [-0.2, 0) is 0 Å². The first-order chi connectivity index (χ1) is 27.7. The SMILES string of the molecule is COc1ccc(F)c([C@H]2CCCN2c2ccn3ncc(-n4cc(C)cn4)c3n2)n1.Cc1cnn(-c2cnn3ccc(N4CCC[C@@H]4c4nc(F)ccc4F)nc23)c1. The zero-order chi connectivity index (χ0) is 39.2. The molecule has 0 amide bonds. The largest absolute Gasteiger partial charge is 0.481 e.